The summed E-state index contributed by atoms with van der Waals surface area (Å²) in [7, 11) is 1.83. The van der Waals surface area contributed by atoms with Crippen LogP contribution in [0.2, 0.25) is 0 Å². The third kappa shape index (κ3) is 3.14. The highest BCUT2D eigenvalue weighted by molar-refractivity contribution is 5.96. The predicted molar refractivity (Wildman–Crippen MR) is 113 cm³/mol. The fourth-order valence-corrected chi connectivity index (χ4v) is 5.40. The molecular formula is C23H23N3O5. The minimum absolute atomic E-state index is 0.00862. The Hall–Kier alpha value is -3.39. The average Bonchev–Trinajstić information content (AvgIpc) is 3.04. The van der Waals surface area contributed by atoms with Crippen LogP contribution in [0.15, 0.2) is 47.4 Å². The molecule has 0 radical (unpaired) electrons. The van der Waals surface area contributed by atoms with Gasteiger partial charge in [-0.15, -0.1) is 0 Å². The lowest BCUT2D eigenvalue weighted by Gasteiger charge is -2.44. The number of carboxylic acid groups (broad SMARTS) is 2. The molecule has 3 unspecified atom stereocenters. The molecule has 2 aliphatic rings. The van der Waals surface area contributed by atoms with Crippen LogP contribution in [0.4, 0.5) is 0 Å². The number of pyridine rings is 1. The van der Waals surface area contributed by atoms with Crippen molar-refractivity contribution in [3.05, 3.63) is 69.8 Å². The van der Waals surface area contributed by atoms with Gasteiger partial charge in [-0.3, -0.25) is 14.5 Å². The van der Waals surface area contributed by atoms with Crippen molar-refractivity contribution in [2.45, 2.75) is 24.9 Å². The zero-order valence-electron chi connectivity index (χ0n) is 17.1. The van der Waals surface area contributed by atoms with Crippen molar-refractivity contribution >= 4 is 22.8 Å². The highest BCUT2D eigenvalue weighted by Gasteiger charge is 2.40. The van der Waals surface area contributed by atoms with Crippen molar-refractivity contribution in [3.8, 4) is 0 Å². The van der Waals surface area contributed by atoms with Gasteiger partial charge in [0.2, 0.25) is 0 Å². The van der Waals surface area contributed by atoms with Gasteiger partial charge < -0.3 is 19.3 Å². The lowest BCUT2D eigenvalue weighted by molar-refractivity contribution is -0.144. The molecule has 8 heteroatoms. The monoisotopic (exact) mass is 421 g/mol. The van der Waals surface area contributed by atoms with E-state index in [9.17, 15) is 24.6 Å². The molecule has 3 aromatic rings. The number of hydrogen-bond acceptors (Lipinski definition) is 4. The Morgan fingerprint density at radius 3 is 2.65 bits per heavy atom. The first-order valence-electron chi connectivity index (χ1n) is 10.3. The van der Waals surface area contributed by atoms with E-state index in [1.165, 1.54) is 6.07 Å². The van der Waals surface area contributed by atoms with Crippen LogP contribution in [0, 0.1) is 5.92 Å². The topological polar surface area (TPSA) is 105 Å². The van der Waals surface area contributed by atoms with E-state index in [0.717, 1.165) is 17.6 Å². The summed E-state index contributed by atoms with van der Waals surface area (Å²) in [6.45, 7) is 1.70. The van der Waals surface area contributed by atoms with E-state index in [1.54, 1.807) is 30.5 Å². The smallest absolute Gasteiger partial charge is 0.335 e. The van der Waals surface area contributed by atoms with Crippen LogP contribution in [0.25, 0.3) is 10.9 Å². The average molecular weight is 421 g/mol. The number of benzene rings is 1. The van der Waals surface area contributed by atoms with Crippen LogP contribution in [-0.2, 0) is 18.4 Å². The summed E-state index contributed by atoms with van der Waals surface area (Å²) < 4.78 is 3.66. The summed E-state index contributed by atoms with van der Waals surface area (Å²) in [5.74, 6) is -1.72. The molecule has 160 valence electrons. The molecular weight excluding hydrogens is 398 g/mol. The predicted octanol–water partition coefficient (Wildman–Crippen LogP) is 2.28. The number of carboxylic acids is 2. The van der Waals surface area contributed by atoms with Crippen LogP contribution < -0.4 is 5.56 Å². The number of aliphatic carboxylic acids is 1. The maximum atomic E-state index is 12.5. The number of aromatic nitrogens is 2. The van der Waals surface area contributed by atoms with Crippen LogP contribution in [0.1, 0.15) is 40.0 Å². The van der Waals surface area contributed by atoms with E-state index < -0.39 is 18.0 Å². The molecule has 1 saturated heterocycles. The minimum Gasteiger partial charge on any atom is -0.480 e. The van der Waals surface area contributed by atoms with Crippen molar-refractivity contribution in [1.82, 2.24) is 14.0 Å². The van der Waals surface area contributed by atoms with Crippen LogP contribution in [0.5, 0.6) is 0 Å². The highest BCUT2D eigenvalue weighted by atomic mass is 16.4. The lowest BCUT2D eigenvalue weighted by Crippen LogP contribution is -2.49. The van der Waals surface area contributed by atoms with Gasteiger partial charge in [0.05, 0.1) is 5.56 Å². The van der Waals surface area contributed by atoms with Gasteiger partial charge in [0.1, 0.15) is 6.04 Å². The molecule has 4 heterocycles. The molecule has 2 aliphatic heterocycles. The number of aromatic carboxylic acids is 1. The van der Waals surface area contributed by atoms with Gasteiger partial charge in [0.25, 0.3) is 5.56 Å². The minimum atomic E-state index is -1.04. The van der Waals surface area contributed by atoms with Gasteiger partial charge in [0, 0.05) is 67.0 Å². The molecule has 3 atom stereocenters. The number of nitrogens with zero attached hydrogens (tertiary/aromatic N) is 3. The molecule has 0 spiro atoms. The van der Waals surface area contributed by atoms with Crippen molar-refractivity contribution in [2.75, 3.05) is 13.1 Å². The first-order chi connectivity index (χ1) is 14.8. The molecule has 0 aliphatic carbocycles. The SMILES string of the molecule is Cn1cc(C(C(=O)O)N2CC3CC(C2)c2cccc(=O)n2C3)c2cc(C(=O)O)ccc21. The van der Waals surface area contributed by atoms with Gasteiger partial charge in [-0.05, 0) is 36.6 Å². The van der Waals surface area contributed by atoms with Crippen LogP contribution >= 0.6 is 0 Å². The number of rotatable bonds is 4. The second-order valence-electron chi connectivity index (χ2n) is 8.63. The van der Waals surface area contributed by atoms with Crippen molar-refractivity contribution < 1.29 is 19.8 Å². The number of hydrogen-bond donors (Lipinski definition) is 2. The summed E-state index contributed by atoms with van der Waals surface area (Å²) in [6, 6.07) is 9.21. The largest absolute Gasteiger partial charge is 0.480 e. The molecule has 5 rings (SSSR count). The number of likely N-dealkylation sites (tertiary alicyclic amines) is 1. The quantitative estimate of drug-likeness (QED) is 0.670. The third-order valence-corrected chi connectivity index (χ3v) is 6.67. The fourth-order valence-electron chi connectivity index (χ4n) is 5.40. The van der Waals surface area contributed by atoms with Crippen LogP contribution in [0.3, 0.4) is 0 Å². The summed E-state index contributed by atoms with van der Waals surface area (Å²) >= 11 is 0. The van der Waals surface area contributed by atoms with Gasteiger partial charge in [-0.2, -0.15) is 0 Å². The van der Waals surface area contributed by atoms with Crippen molar-refractivity contribution in [3.63, 3.8) is 0 Å². The first kappa shape index (κ1) is 19.6. The van der Waals surface area contributed by atoms with Gasteiger partial charge in [-0.25, -0.2) is 4.79 Å². The van der Waals surface area contributed by atoms with E-state index in [2.05, 4.69) is 0 Å². The molecule has 2 aromatic heterocycles. The Bertz CT molecular complexity index is 1270. The number of carbonyl (C=O) groups is 2. The molecule has 1 fully saturated rings. The second kappa shape index (κ2) is 7.09. The molecule has 1 aromatic carbocycles. The first-order valence-corrected chi connectivity index (χ1v) is 10.3. The third-order valence-electron chi connectivity index (χ3n) is 6.67. The highest BCUT2D eigenvalue weighted by Crippen LogP contribution is 2.40. The summed E-state index contributed by atoms with van der Waals surface area (Å²) in [4.78, 5) is 38.2. The van der Waals surface area contributed by atoms with Gasteiger partial charge >= 0.3 is 11.9 Å². The zero-order valence-corrected chi connectivity index (χ0v) is 17.1. The summed E-state index contributed by atoms with van der Waals surface area (Å²) in [5, 5.41) is 20.2. The molecule has 0 amide bonds. The standard InChI is InChI=1S/C23H23N3O5/c1-24-12-17(16-8-14(22(28)29)5-6-19(16)24)21(23(30)31)25-9-13-7-15(11-25)18-3-2-4-20(27)26(18)10-13/h2-6,8,12-13,15,21H,7,9-11H2,1H3,(H,28,29)(H,30,31). The Morgan fingerprint density at radius 2 is 1.90 bits per heavy atom. The second-order valence-corrected chi connectivity index (χ2v) is 8.63. The molecule has 2 bridgehead atoms. The van der Waals surface area contributed by atoms with E-state index >= 15 is 0 Å². The Labute approximate surface area is 177 Å². The fraction of sp³-hybridized carbons (Fsp3) is 0.348. The number of piperidine rings is 1. The lowest BCUT2D eigenvalue weighted by atomic mass is 9.82. The number of aryl methyl sites for hydroxylation is 1. The van der Waals surface area contributed by atoms with E-state index in [0.29, 0.717) is 30.6 Å². The maximum absolute atomic E-state index is 12.5. The number of fused-ring (bicyclic) bond motifs is 5. The summed E-state index contributed by atoms with van der Waals surface area (Å²) in [6.07, 6.45) is 2.73. The Kier molecular flexibility index (Phi) is 4.48. The molecule has 8 nitrogen and oxygen atoms in total. The molecule has 2 N–H and O–H groups in total. The maximum Gasteiger partial charge on any atom is 0.335 e. The zero-order chi connectivity index (χ0) is 21.9. The van der Waals surface area contributed by atoms with Gasteiger partial charge in [-0.1, -0.05) is 6.07 Å². The Morgan fingerprint density at radius 1 is 1.10 bits per heavy atom. The molecule has 31 heavy (non-hydrogen) atoms. The van der Waals surface area contributed by atoms with Gasteiger partial charge in [0.15, 0.2) is 0 Å². The van der Waals surface area contributed by atoms with E-state index in [-0.39, 0.29) is 23.0 Å². The van der Waals surface area contributed by atoms with E-state index in [1.807, 2.05) is 27.1 Å². The van der Waals surface area contributed by atoms with Crippen molar-refractivity contribution in [2.24, 2.45) is 13.0 Å². The Balaban J connectivity index is 1.58. The normalized spacial score (nSPS) is 21.6. The van der Waals surface area contributed by atoms with Crippen molar-refractivity contribution in [1.29, 1.82) is 0 Å². The van der Waals surface area contributed by atoms with Crippen LogP contribution in [-0.4, -0.2) is 49.3 Å². The summed E-state index contributed by atoms with van der Waals surface area (Å²) in [5.41, 5.74) is 2.47. The van der Waals surface area contributed by atoms with E-state index in [4.69, 9.17) is 0 Å². The molecule has 0 saturated carbocycles.